The molecule has 2 amide bonds. The van der Waals surface area contributed by atoms with E-state index in [1.54, 1.807) is 16.8 Å². The molecule has 6 nitrogen and oxygen atoms in total. The molecule has 0 fully saturated rings. The number of pyridine rings is 1. The molecular weight excluding hydrogens is 366 g/mol. The smallest absolute Gasteiger partial charge is 0.257 e. The second kappa shape index (κ2) is 8.90. The normalized spacial score (nSPS) is 14.1. The van der Waals surface area contributed by atoms with Gasteiger partial charge >= 0.3 is 0 Å². The summed E-state index contributed by atoms with van der Waals surface area (Å²) in [5.41, 5.74) is 1.83. The number of hydrogen-bond acceptors (Lipinski definition) is 3. The summed E-state index contributed by atoms with van der Waals surface area (Å²) in [5, 5.41) is 5.60. The van der Waals surface area contributed by atoms with Crippen molar-refractivity contribution < 1.29 is 9.59 Å². The Hall–Kier alpha value is -3.15. The molecule has 3 rings (SSSR count). The van der Waals surface area contributed by atoms with E-state index in [0.29, 0.717) is 0 Å². The van der Waals surface area contributed by atoms with Crippen molar-refractivity contribution in [3.63, 3.8) is 0 Å². The van der Waals surface area contributed by atoms with Crippen LogP contribution in [-0.4, -0.2) is 29.0 Å². The van der Waals surface area contributed by atoms with Crippen LogP contribution in [-0.2, 0) is 12.8 Å². The van der Waals surface area contributed by atoms with E-state index in [1.165, 1.54) is 17.3 Å². The molecule has 0 radical (unpaired) electrons. The number of fused-ring (bicyclic) bond motifs is 1. The number of amides is 2. The maximum Gasteiger partial charge on any atom is 0.257 e. The molecule has 0 bridgehead atoms. The average molecular weight is 393 g/mol. The van der Waals surface area contributed by atoms with Crippen molar-refractivity contribution in [3.8, 4) is 0 Å². The lowest BCUT2D eigenvalue weighted by atomic mass is 10.1. The third kappa shape index (κ3) is 4.47. The lowest BCUT2D eigenvalue weighted by Crippen LogP contribution is -2.40. The van der Waals surface area contributed by atoms with Crippen molar-refractivity contribution in [1.29, 1.82) is 0 Å². The number of nitrogens with one attached hydrogen (secondary N) is 2. The number of aromatic nitrogens is 1. The van der Waals surface area contributed by atoms with Crippen LogP contribution < -0.4 is 16.1 Å². The van der Waals surface area contributed by atoms with E-state index in [9.17, 15) is 14.4 Å². The first-order valence-electron chi connectivity index (χ1n) is 9.97. The summed E-state index contributed by atoms with van der Waals surface area (Å²) in [6.45, 7) is 7.80. The Bertz CT molecular complexity index is 968. The molecule has 152 valence electrons. The zero-order valence-corrected chi connectivity index (χ0v) is 16.9. The first-order chi connectivity index (χ1) is 13.9. The maximum absolute atomic E-state index is 13.0. The fourth-order valence-electron chi connectivity index (χ4n) is 3.57. The summed E-state index contributed by atoms with van der Waals surface area (Å²) in [6.07, 6.45) is 6.90. The van der Waals surface area contributed by atoms with Crippen molar-refractivity contribution in [3.05, 3.63) is 81.8 Å². The van der Waals surface area contributed by atoms with Crippen LogP contribution in [0.4, 0.5) is 0 Å². The van der Waals surface area contributed by atoms with Crippen LogP contribution in [0.25, 0.3) is 0 Å². The van der Waals surface area contributed by atoms with Gasteiger partial charge in [0.15, 0.2) is 0 Å². The second-order valence-corrected chi connectivity index (χ2v) is 7.47. The molecule has 1 atom stereocenters. The van der Waals surface area contributed by atoms with E-state index in [0.717, 1.165) is 19.3 Å². The first-order valence-corrected chi connectivity index (χ1v) is 9.97. The molecule has 1 heterocycles. The minimum Gasteiger partial charge on any atom is -0.350 e. The summed E-state index contributed by atoms with van der Waals surface area (Å²) in [6, 6.07) is 8.07. The van der Waals surface area contributed by atoms with Gasteiger partial charge in [-0.15, -0.1) is 6.58 Å². The van der Waals surface area contributed by atoms with Gasteiger partial charge in [-0.25, -0.2) is 0 Å². The zero-order chi connectivity index (χ0) is 21.0. The molecule has 0 saturated heterocycles. The molecule has 0 spiro atoms. The SMILES string of the molecule is C=CCNC(=O)c1cn([C@H](C)CC)cc(C(=O)NC2Cc3ccccc3C2)c1=O. The van der Waals surface area contributed by atoms with Crippen LogP contribution >= 0.6 is 0 Å². The zero-order valence-electron chi connectivity index (χ0n) is 16.9. The third-order valence-corrected chi connectivity index (χ3v) is 5.43. The highest BCUT2D eigenvalue weighted by Gasteiger charge is 2.25. The van der Waals surface area contributed by atoms with Gasteiger partial charge in [-0.2, -0.15) is 0 Å². The Balaban J connectivity index is 1.88. The molecular formula is C23H27N3O3. The number of rotatable bonds is 7. The summed E-state index contributed by atoms with van der Waals surface area (Å²) < 4.78 is 1.77. The van der Waals surface area contributed by atoms with E-state index in [2.05, 4.69) is 29.3 Å². The number of hydrogen-bond donors (Lipinski definition) is 2. The van der Waals surface area contributed by atoms with E-state index in [-0.39, 0.29) is 29.8 Å². The molecule has 1 aliphatic rings. The molecule has 1 aliphatic carbocycles. The molecule has 2 aromatic rings. The second-order valence-electron chi connectivity index (χ2n) is 7.47. The number of benzene rings is 1. The lowest BCUT2D eigenvalue weighted by Gasteiger charge is -2.18. The Morgan fingerprint density at radius 2 is 1.76 bits per heavy atom. The Labute approximate surface area is 170 Å². The van der Waals surface area contributed by atoms with Crippen molar-refractivity contribution in [2.75, 3.05) is 6.54 Å². The summed E-state index contributed by atoms with van der Waals surface area (Å²) in [5.74, 6) is -0.946. The van der Waals surface area contributed by atoms with Crippen molar-refractivity contribution in [1.82, 2.24) is 15.2 Å². The minimum atomic E-state index is -0.556. The van der Waals surface area contributed by atoms with Gasteiger partial charge in [0.1, 0.15) is 11.1 Å². The molecule has 29 heavy (non-hydrogen) atoms. The molecule has 0 aliphatic heterocycles. The van der Waals surface area contributed by atoms with E-state index < -0.39 is 17.2 Å². The van der Waals surface area contributed by atoms with Crippen LogP contribution in [0.15, 0.2) is 54.1 Å². The highest BCUT2D eigenvalue weighted by atomic mass is 16.2. The lowest BCUT2D eigenvalue weighted by molar-refractivity contribution is 0.0936. The summed E-state index contributed by atoms with van der Waals surface area (Å²) >= 11 is 0. The molecule has 0 unspecified atom stereocenters. The monoisotopic (exact) mass is 393 g/mol. The highest BCUT2D eigenvalue weighted by molar-refractivity contribution is 5.99. The molecule has 1 aromatic carbocycles. The van der Waals surface area contributed by atoms with Gasteiger partial charge in [-0.05, 0) is 37.3 Å². The van der Waals surface area contributed by atoms with Crippen LogP contribution in [0.5, 0.6) is 0 Å². The van der Waals surface area contributed by atoms with E-state index >= 15 is 0 Å². The van der Waals surface area contributed by atoms with Crippen LogP contribution in [0.2, 0.25) is 0 Å². The van der Waals surface area contributed by atoms with E-state index in [1.807, 2.05) is 26.0 Å². The van der Waals surface area contributed by atoms with Gasteiger partial charge in [0, 0.05) is 31.0 Å². The molecule has 1 aromatic heterocycles. The van der Waals surface area contributed by atoms with Gasteiger partial charge in [0.2, 0.25) is 5.43 Å². The topological polar surface area (TPSA) is 80.2 Å². The highest BCUT2D eigenvalue weighted by Crippen LogP contribution is 2.22. The maximum atomic E-state index is 13.0. The van der Waals surface area contributed by atoms with Crippen molar-refractivity contribution >= 4 is 11.8 Å². The number of nitrogens with zero attached hydrogens (tertiary/aromatic N) is 1. The minimum absolute atomic E-state index is 0.00694. The van der Waals surface area contributed by atoms with Crippen LogP contribution in [0.1, 0.15) is 58.2 Å². The van der Waals surface area contributed by atoms with E-state index in [4.69, 9.17) is 0 Å². The fraction of sp³-hybridized carbons (Fsp3) is 0.348. The van der Waals surface area contributed by atoms with Crippen molar-refractivity contribution in [2.24, 2.45) is 0 Å². The molecule has 2 N–H and O–H groups in total. The third-order valence-electron chi connectivity index (χ3n) is 5.43. The Morgan fingerprint density at radius 3 is 2.31 bits per heavy atom. The molecule has 6 heteroatoms. The quantitative estimate of drug-likeness (QED) is 0.710. The molecule has 0 saturated carbocycles. The summed E-state index contributed by atoms with van der Waals surface area (Å²) in [7, 11) is 0. The standard InChI is InChI=1S/C23H27N3O3/c1-4-10-24-22(28)19-13-26(15(3)5-2)14-20(21(19)27)23(29)25-18-11-16-8-6-7-9-17(16)12-18/h4,6-9,13-15,18H,1,5,10-12H2,2-3H3,(H,24,28)(H,25,29)/t15-/m1/s1. The number of carbonyl (C=O) groups excluding carboxylic acids is 2. The first kappa shape index (κ1) is 20.6. The van der Waals surface area contributed by atoms with Gasteiger partial charge < -0.3 is 15.2 Å². The predicted molar refractivity (Wildman–Crippen MR) is 113 cm³/mol. The Kier molecular flexibility index (Phi) is 6.32. The predicted octanol–water partition coefficient (Wildman–Crippen LogP) is 2.63. The van der Waals surface area contributed by atoms with Gasteiger partial charge in [-0.3, -0.25) is 14.4 Å². The average Bonchev–Trinajstić information content (AvgIpc) is 3.13. The van der Waals surface area contributed by atoms with Gasteiger partial charge in [-0.1, -0.05) is 37.3 Å². The van der Waals surface area contributed by atoms with Crippen LogP contribution in [0.3, 0.4) is 0 Å². The van der Waals surface area contributed by atoms with Crippen LogP contribution in [0, 0.1) is 0 Å². The van der Waals surface area contributed by atoms with Crippen molar-refractivity contribution in [2.45, 2.75) is 45.2 Å². The fourth-order valence-corrected chi connectivity index (χ4v) is 3.57. The summed E-state index contributed by atoms with van der Waals surface area (Å²) in [4.78, 5) is 38.3. The van der Waals surface area contributed by atoms with Gasteiger partial charge in [0.05, 0.1) is 0 Å². The Morgan fingerprint density at radius 1 is 1.17 bits per heavy atom. The largest absolute Gasteiger partial charge is 0.350 e. The number of carbonyl (C=O) groups is 2. The van der Waals surface area contributed by atoms with Gasteiger partial charge in [0.25, 0.3) is 11.8 Å².